The summed E-state index contributed by atoms with van der Waals surface area (Å²) < 4.78 is 5.92. The van der Waals surface area contributed by atoms with Crippen molar-refractivity contribution in [1.82, 2.24) is 4.90 Å². The molecule has 0 aliphatic carbocycles. The largest absolute Gasteiger partial charge is 0.508 e. The quantitative estimate of drug-likeness (QED) is 0.217. The average molecular weight is 490 g/mol. The SMILES string of the molecule is C\C=C/C=C/C(O)=C\C=C(C)\C=C\C/C=C\C(O)=C/C(C)c1ccc(OCCN2CCCCC2)cc1. The molecular formula is C32H43NO3. The van der Waals surface area contributed by atoms with Crippen LogP contribution in [0.4, 0.5) is 0 Å². The Bertz CT molecular complexity index is 971. The lowest BCUT2D eigenvalue weighted by Gasteiger charge is -2.26. The first kappa shape index (κ1) is 29.0. The van der Waals surface area contributed by atoms with Crippen LogP contribution >= 0.6 is 0 Å². The molecule has 0 amide bonds. The van der Waals surface area contributed by atoms with Gasteiger partial charge in [0.1, 0.15) is 23.9 Å². The Labute approximate surface area is 218 Å². The van der Waals surface area contributed by atoms with Gasteiger partial charge in [-0.2, -0.15) is 0 Å². The lowest BCUT2D eigenvalue weighted by molar-refractivity contribution is 0.183. The van der Waals surface area contributed by atoms with Crippen molar-refractivity contribution < 1.29 is 14.9 Å². The fourth-order valence-corrected chi connectivity index (χ4v) is 3.87. The normalized spacial score (nSPS) is 17.7. The Kier molecular flexibility index (Phi) is 13.9. The van der Waals surface area contributed by atoms with E-state index in [1.807, 2.05) is 68.5 Å². The summed E-state index contributed by atoms with van der Waals surface area (Å²) in [7, 11) is 0. The summed E-state index contributed by atoms with van der Waals surface area (Å²) in [5.41, 5.74) is 2.16. The number of hydrogen-bond acceptors (Lipinski definition) is 4. The molecule has 1 aliphatic heterocycles. The fourth-order valence-electron chi connectivity index (χ4n) is 3.87. The molecule has 0 bridgehead atoms. The topological polar surface area (TPSA) is 52.9 Å². The molecule has 2 rings (SSSR count). The van der Waals surface area contributed by atoms with Gasteiger partial charge >= 0.3 is 0 Å². The first-order chi connectivity index (χ1) is 17.5. The minimum absolute atomic E-state index is 0.0964. The van der Waals surface area contributed by atoms with Crippen LogP contribution in [0.5, 0.6) is 5.75 Å². The molecule has 36 heavy (non-hydrogen) atoms. The Hall–Kier alpha value is -3.24. The predicted molar refractivity (Wildman–Crippen MR) is 153 cm³/mol. The zero-order valence-electron chi connectivity index (χ0n) is 22.1. The van der Waals surface area contributed by atoms with Gasteiger partial charge in [0.25, 0.3) is 0 Å². The third kappa shape index (κ3) is 12.5. The molecule has 2 N–H and O–H groups in total. The van der Waals surface area contributed by atoms with E-state index in [1.54, 1.807) is 24.3 Å². The maximum Gasteiger partial charge on any atom is 0.119 e. The minimum atomic E-state index is 0.0964. The molecular weight excluding hydrogens is 446 g/mol. The van der Waals surface area contributed by atoms with Crippen LogP contribution in [0.1, 0.15) is 57.9 Å². The monoisotopic (exact) mass is 489 g/mol. The highest BCUT2D eigenvalue weighted by Crippen LogP contribution is 2.21. The number of nitrogens with zero attached hydrogens (tertiary/aromatic N) is 1. The molecule has 1 saturated heterocycles. The maximum atomic E-state index is 10.3. The molecule has 0 saturated carbocycles. The van der Waals surface area contributed by atoms with E-state index in [0.29, 0.717) is 6.42 Å². The van der Waals surface area contributed by atoms with Crippen molar-refractivity contribution in [2.45, 2.75) is 52.4 Å². The van der Waals surface area contributed by atoms with Crippen molar-refractivity contribution in [2.75, 3.05) is 26.2 Å². The zero-order valence-corrected chi connectivity index (χ0v) is 22.1. The molecule has 0 radical (unpaired) electrons. The second-order valence-electron chi connectivity index (χ2n) is 9.13. The summed E-state index contributed by atoms with van der Waals surface area (Å²) in [5.74, 6) is 1.45. The smallest absolute Gasteiger partial charge is 0.119 e. The van der Waals surface area contributed by atoms with Gasteiger partial charge in [-0.05, 0) is 88.2 Å². The number of piperidine rings is 1. The number of allylic oxidation sites excluding steroid dienone is 12. The number of aliphatic hydroxyl groups excluding tert-OH is 2. The minimum Gasteiger partial charge on any atom is -0.508 e. The van der Waals surface area contributed by atoms with Crippen LogP contribution in [0, 0.1) is 0 Å². The summed E-state index contributed by atoms with van der Waals surface area (Å²) in [6.45, 7) is 10.1. The van der Waals surface area contributed by atoms with Gasteiger partial charge in [-0.3, -0.25) is 4.90 Å². The highest BCUT2D eigenvalue weighted by molar-refractivity contribution is 5.32. The van der Waals surface area contributed by atoms with Crippen molar-refractivity contribution in [3.63, 3.8) is 0 Å². The number of aliphatic hydroxyl groups is 2. The third-order valence-electron chi connectivity index (χ3n) is 5.98. The lowest BCUT2D eigenvalue weighted by Crippen LogP contribution is -2.33. The fraction of sp³-hybridized carbons (Fsp3) is 0.375. The van der Waals surface area contributed by atoms with Gasteiger partial charge in [-0.1, -0.05) is 73.6 Å². The molecule has 1 aromatic carbocycles. The van der Waals surface area contributed by atoms with Gasteiger partial charge < -0.3 is 14.9 Å². The van der Waals surface area contributed by atoms with Crippen LogP contribution in [0.25, 0.3) is 0 Å². The van der Waals surface area contributed by atoms with Crippen LogP contribution in [0.15, 0.2) is 108 Å². The molecule has 1 unspecified atom stereocenters. The molecule has 0 aromatic heterocycles. The van der Waals surface area contributed by atoms with Crippen LogP contribution in [-0.2, 0) is 0 Å². The van der Waals surface area contributed by atoms with Crippen molar-refractivity contribution in [3.8, 4) is 5.75 Å². The highest BCUT2D eigenvalue weighted by atomic mass is 16.5. The van der Waals surface area contributed by atoms with Crippen molar-refractivity contribution >= 4 is 0 Å². The van der Waals surface area contributed by atoms with Crippen molar-refractivity contribution in [2.24, 2.45) is 0 Å². The van der Waals surface area contributed by atoms with E-state index < -0.39 is 0 Å². The molecule has 4 heteroatoms. The Morgan fingerprint density at radius 3 is 2.39 bits per heavy atom. The molecule has 1 fully saturated rings. The van der Waals surface area contributed by atoms with Crippen LogP contribution in [0.2, 0.25) is 0 Å². The van der Waals surface area contributed by atoms with E-state index in [-0.39, 0.29) is 17.4 Å². The van der Waals surface area contributed by atoms with Gasteiger partial charge in [-0.15, -0.1) is 0 Å². The molecule has 1 aliphatic rings. The second-order valence-corrected chi connectivity index (χ2v) is 9.13. The van der Waals surface area contributed by atoms with Crippen LogP contribution in [-0.4, -0.2) is 41.4 Å². The lowest BCUT2D eigenvalue weighted by atomic mass is 10.00. The summed E-state index contributed by atoms with van der Waals surface area (Å²) in [6, 6.07) is 8.15. The summed E-state index contributed by atoms with van der Waals surface area (Å²) >= 11 is 0. The number of rotatable bonds is 13. The summed E-state index contributed by atoms with van der Waals surface area (Å²) in [6.07, 6.45) is 24.9. The predicted octanol–water partition coefficient (Wildman–Crippen LogP) is 8.12. The number of ether oxygens (including phenoxy) is 1. The maximum absolute atomic E-state index is 10.3. The zero-order chi connectivity index (χ0) is 26.0. The van der Waals surface area contributed by atoms with E-state index in [4.69, 9.17) is 4.74 Å². The van der Waals surface area contributed by atoms with E-state index in [2.05, 4.69) is 24.0 Å². The van der Waals surface area contributed by atoms with Crippen molar-refractivity contribution in [3.05, 3.63) is 114 Å². The first-order valence-corrected chi connectivity index (χ1v) is 13.0. The first-order valence-electron chi connectivity index (χ1n) is 13.0. The third-order valence-corrected chi connectivity index (χ3v) is 5.98. The Balaban J connectivity index is 1.75. The highest BCUT2D eigenvalue weighted by Gasteiger charge is 2.09. The average Bonchev–Trinajstić information content (AvgIpc) is 2.88. The molecule has 4 nitrogen and oxygen atoms in total. The molecule has 0 spiro atoms. The number of benzene rings is 1. The van der Waals surface area contributed by atoms with Gasteiger partial charge in [0.05, 0.1) is 0 Å². The van der Waals surface area contributed by atoms with E-state index in [1.165, 1.54) is 32.4 Å². The van der Waals surface area contributed by atoms with Gasteiger partial charge in [0.2, 0.25) is 0 Å². The Morgan fingerprint density at radius 2 is 1.67 bits per heavy atom. The van der Waals surface area contributed by atoms with E-state index >= 15 is 0 Å². The molecule has 1 atom stereocenters. The van der Waals surface area contributed by atoms with Gasteiger partial charge in [0.15, 0.2) is 0 Å². The van der Waals surface area contributed by atoms with E-state index in [0.717, 1.165) is 30.0 Å². The summed E-state index contributed by atoms with van der Waals surface area (Å²) in [5, 5.41) is 20.0. The molecule has 1 heterocycles. The van der Waals surface area contributed by atoms with Crippen molar-refractivity contribution in [1.29, 1.82) is 0 Å². The second kappa shape index (κ2) is 17.2. The summed E-state index contributed by atoms with van der Waals surface area (Å²) in [4.78, 5) is 2.48. The molecule has 1 aromatic rings. The van der Waals surface area contributed by atoms with E-state index in [9.17, 15) is 10.2 Å². The number of likely N-dealkylation sites (tertiary alicyclic amines) is 1. The van der Waals surface area contributed by atoms with Crippen LogP contribution < -0.4 is 4.74 Å². The van der Waals surface area contributed by atoms with Gasteiger partial charge in [-0.25, -0.2) is 0 Å². The standard InChI is InChI=1S/C32H43NO3/c1-4-5-8-14-30(34)19-16-27(2)13-9-6-10-15-31(35)26-28(3)29-17-20-32(21-18-29)36-25-24-33-22-11-7-12-23-33/h4-5,8-10,13-21,26,28,34-35H,6-7,11-12,22-25H2,1-3H3/b5-4-,13-9+,14-8+,15-10-,27-16+,30-19+,31-26+. The van der Waals surface area contributed by atoms with Gasteiger partial charge in [0, 0.05) is 12.5 Å². The van der Waals surface area contributed by atoms with Crippen LogP contribution in [0.3, 0.4) is 0 Å². The number of hydrogen-bond donors (Lipinski definition) is 2. The molecule has 194 valence electrons. The Morgan fingerprint density at radius 1 is 0.944 bits per heavy atom.